The largest absolute Gasteiger partial charge is 0.472 e. The molecule has 3 nitrogen and oxygen atoms in total. The number of benzene rings is 2. The van der Waals surface area contributed by atoms with Gasteiger partial charge >= 0.3 is 0 Å². The van der Waals surface area contributed by atoms with E-state index in [0.29, 0.717) is 6.54 Å². The number of hydrogen-bond acceptors (Lipinski definition) is 3. The zero-order valence-electron chi connectivity index (χ0n) is 12.2. The molecule has 0 bridgehead atoms. The fourth-order valence-electron chi connectivity index (χ4n) is 2.87. The van der Waals surface area contributed by atoms with Crippen LogP contribution in [-0.4, -0.2) is 18.5 Å². The molecule has 0 fully saturated rings. The monoisotopic (exact) mass is 280 g/mol. The first-order valence-corrected chi connectivity index (χ1v) is 7.18. The van der Waals surface area contributed by atoms with Crippen molar-refractivity contribution in [2.75, 3.05) is 13.6 Å². The van der Waals surface area contributed by atoms with Crippen LogP contribution in [0.25, 0.3) is 10.8 Å². The summed E-state index contributed by atoms with van der Waals surface area (Å²) >= 11 is 0. The molecule has 2 aromatic carbocycles. The van der Waals surface area contributed by atoms with Crippen LogP contribution >= 0.6 is 0 Å². The fourth-order valence-corrected chi connectivity index (χ4v) is 2.87. The third kappa shape index (κ3) is 2.84. The van der Waals surface area contributed by atoms with E-state index in [1.54, 1.807) is 12.5 Å². The maximum Gasteiger partial charge on any atom is 0.0947 e. The van der Waals surface area contributed by atoms with E-state index in [-0.39, 0.29) is 6.04 Å². The van der Waals surface area contributed by atoms with Crippen molar-refractivity contribution in [3.63, 3.8) is 0 Å². The Morgan fingerprint density at radius 3 is 2.67 bits per heavy atom. The van der Waals surface area contributed by atoms with Crippen molar-refractivity contribution in [3.05, 3.63) is 72.2 Å². The van der Waals surface area contributed by atoms with E-state index in [1.807, 2.05) is 6.07 Å². The first-order valence-electron chi connectivity index (χ1n) is 7.18. The summed E-state index contributed by atoms with van der Waals surface area (Å²) in [7, 11) is 2.10. The third-order valence-electron chi connectivity index (χ3n) is 3.95. The predicted molar refractivity (Wildman–Crippen MR) is 85.9 cm³/mol. The van der Waals surface area contributed by atoms with E-state index in [2.05, 4.69) is 54.4 Å². The molecule has 0 saturated heterocycles. The van der Waals surface area contributed by atoms with Gasteiger partial charge in [-0.3, -0.25) is 4.90 Å². The van der Waals surface area contributed by atoms with Crippen molar-refractivity contribution in [1.82, 2.24) is 4.90 Å². The van der Waals surface area contributed by atoms with Crippen LogP contribution < -0.4 is 5.73 Å². The Morgan fingerprint density at radius 1 is 1.10 bits per heavy atom. The van der Waals surface area contributed by atoms with Gasteiger partial charge in [0.05, 0.1) is 12.5 Å². The summed E-state index contributed by atoms with van der Waals surface area (Å²) < 4.78 is 5.15. The Hall–Kier alpha value is -2.10. The Bertz CT molecular complexity index is 701. The lowest BCUT2D eigenvalue weighted by atomic mass is 9.97. The molecule has 21 heavy (non-hydrogen) atoms. The van der Waals surface area contributed by atoms with Gasteiger partial charge in [-0.25, -0.2) is 0 Å². The molecule has 1 unspecified atom stereocenters. The van der Waals surface area contributed by atoms with Crippen molar-refractivity contribution >= 4 is 10.8 Å². The van der Waals surface area contributed by atoms with Gasteiger partial charge < -0.3 is 10.2 Å². The molecule has 1 atom stereocenters. The van der Waals surface area contributed by atoms with Gasteiger partial charge in [0.15, 0.2) is 0 Å². The molecule has 1 aromatic heterocycles. The van der Waals surface area contributed by atoms with E-state index in [0.717, 1.165) is 12.1 Å². The summed E-state index contributed by atoms with van der Waals surface area (Å²) in [6.45, 7) is 1.41. The molecule has 3 rings (SSSR count). The van der Waals surface area contributed by atoms with Crippen LogP contribution in [0.3, 0.4) is 0 Å². The van der Waals surface area contributed by atoms with Gasteiger partial charge in [-0.05, 0) is 29.4 Å². The fraction of sp³-hybridized carbons (Fsp3) is 0.222. The average molecular weight is 280 g/mol. The highest BCUT2D eigenvalue weighted by Gasteiger charge is 2.18. The van der Waals surface area contributed by atoms with E-state index < -0.39 is 0 Å². The third-order valence-corrected chi connectivity index (χ3v) is 3.95. The van der Waals surface area contributed by atoms with Crippen molar-refractivity contribution in [1.29, 1.82) is 0 Å². The molecule has 0 aliphatic rings. The number of fused-ring (bicyclic) bond motifs is 1. The van der Waals surface area contributed by atoms with Crippen LogP contribution in [0.1, 0.15) is 17.2 Å². The summed E-state index contributed by atoms with van der Waals surface area (Å²) in [5.74, 6) is 0. The lowest BCUT2D eigenvalue weighted by Gasteiger charge is -2.28. The van der Waals surface area contributed by atoms with Crippen LogP contribution in [0.2, 0.25) is 0 Å². The molecule has 1 heterocycles. The molecule has 108 valence electrons. The topological polar surface area (TPSA) is 42.4 Å². The Labute approximate surface area is 125 Å². The van der Waals surface area contributed by atoms with Crippen LogP contribution in [0, 0.1) is 0 Å². The molecule has 0 saturated carbocycles. The second-order valence-electron chi connectivity index (χ2n) is 5.37. The standard InChI is InChI=1S/C18H20N2O/c1-20(12-14-9-10-21-13-14)18(11-19)17-8-4-6-15-5-2-3-7-16(15)17/h2-10,13,18H,11-12,19H2,1H3. The highest BCUT2D eigenvalue weighted by molar-refractivity contribution is 5.86. The Morgan fingerprint density at radius 2 is 1.90 bits per heavy atom. The lowest BCUT2D eigenvalue weighted by Crippen LogP contribution is -2.30. The highest BCUT2D eigenvalue weighted by atomic mass is 16.3. The van der Waals surface area contributed by atoms with Gasteiger partial charge in [0, 0.05) is 24.7 Å². The van der Waals surface area contributed by atoms with E-state index in [4.69, 9.17) is 10.2 Å². The van der Waals surface area contributed by atoms with E-state index >= 15 is 0 Å². The number of likely N-dealkylation sites (N-methyl/N-ethyl adjacent to an activating group) is 1. The van der Waals surface area contributed by atoms with Gasteiger partial charge in [0.1, 0.15) is 0 Å². The van der Waals surface area contributed by atoms with Crippen molar-refractivity contribution in [2.45, 2.75) is 12.6 Å². The Kier molecular flexibility index (Phi) is 4.04. The van der Waals surface area contributed by atoms with Gasteiger partial charge in [-0.1, -0.05) is 42.5 Å². The number of furan rings is 1. The number of nitrogens with two attached hydrogens (primary N) is 1. The molecule has 0 spiro atoms. The quantitative estimate of drug-likeness (QED) is 0.777. The minimum atomic E-state index is 0.186. The number of nitrogens with zero attached hydrogens (tertiary/aromatic N) is 1. The molecule has 3 heteroatoms. The predicted octanol–water partition coefficient (Wildman–Crippen LogP) is 3.56. The second kappa shape index (κ2) is 6.12. The number of hydrogen-bond donors (Lipinski definition) is 1. The van der Waals surface area contributed by atoms with Crippen LogP contribution in [0.5, 0.6) is 0 Å². The normalized spacial score (nSPS) is 12.9. The molecule has 0 aliphatic carbocycles. The van der Waals surface area contributed by atoms with Crippen LogP contribution in [0.4, 0.5) is 0 Å². The van der Waals surface area contributed by atoms with Crippen molar-refractivity contribution < 1.29 is 4.42 Å². The molecule has 0 aliphatic heterocycles. The summed E-state index contributed by atoms with van der Waals surface area (Å²) in [5, 5.41) is 2.53. The molecular weight excluding hydrogens is 260 g/mol. The van der Waals surface area contributed by atoms with E-state index in [1.165, 1.54) is 16.3 Å². The SMILES string of the molecule is CN(Cc1ccoc1)C(CN)c1cccc2ccccc12. The van der Waals surface area contributed by atoms with Crippen molar-refractivity contribution in [3.8, 4) is 0 Å². The summed E-state index contributed by atoms with van der Waals surface area (Å²) in [5.41, 5.74) is 8.50. The summed E-state index contributed by atoms with van der Waals surface area (Å²) in [6, 6.07) is 17.1. The smallest absolute Gasteiger partial charge is 0.0947 e. The summed E-state index contributed by atoms with van der Waals surface area (Å²) in [4.78, 5) is 2.27. The zero-order chi connectivity index (χ0) is 14.7. The number of rotatable bonds is 5. The lowest BCUT2D eigenvalue weighted by molar-refractivity contribution is 0.242. The molecule has 2 N–H and O–H groups in total. The average Bonchev–Trinajstić information content (AvgIpc) is 3.01. The molecule has 0 amide bonds. The summed E-state index contributed by atoms with van der Waals surface area (Å²) in [6.07, 6.45) is 3.49. The van der Waals surface area contributed by atoms with Gasteiger partial charge in [0.25, 0.3) is 0 Å². The first kappa shape index (κ1) is 13.9. The molecule has 0 radical (unpaired) electrons. The molecule has 3 aromatic rings. The van der Waals surface area contributed by atoms with E-state index in [9.17, 15) is 0 Å². The minimum Gasteiger partial charge on any atom is -0.472 e. The van der Waals surface area contributed by atoms with Gasteiger partial charge in [-0.2, -0.15) is 0 Å². The van der Waals surface area contributed by atoms with Crippen molar-refractivity contribution in [2.24, 2.45) is 5.73 Å². The molecular formula is C18H20N2O. The van der Waals surface area contributed by atoms with Crippen LogP contribution in [0.15, 0.2) is 65.5 Å². The minimum absolute atomic E-state index is 0.186. The Balaban J connectivity index is 1.94. The second-order valence-corrected chi connectivity index (χ2v) is 5.37. The first-order chi connectivity index (χ1) is 10.3. The highest BCUT2D eigenvalue weighted by Crippen LogP contribution is 2.28. The zero-order valence-corrected chi connectivity index (χ0v) is 12.2. The maximum atomic E-state index is 6.06. The van der Waals surface area contributed by atoms with Gasteiger partial charge in [0.2, 0.25) is 0 Å². The van der Waals surface area contributed by atoms with Gasteiger partial charge in [-0.15, -0.1) is 0 Å². The van der Waals surface area contributed by atoms with Crippen LogP contribution in [-0.2, 0) is 6.54 Å². The maximum absolute atomic E-state index is 6.06.